The van der Waals surface area contributed by atoms with Crippen molar-refractivity contribution < 1.29 is 13.9 Å². The molecule has 3 aromatic heterocycles. The summed E-state index contributed by atoms with van der Waals surface area (Å²) in [6.07, 6.45) is 4.21. The van der Waals surface area contributed by atoms with Crippen molar-refractivity contribution in [2.45, 2.75) is 25.9 Å². The van der Waals surface area contributed by atoms with Crippen LogP contribution in [0.4, 0.5) is 10.2 Å². The maximum atomic E-state index is 14.4. The first-order valence-corrected chi connectivity index (χ1v) is 11.5. The number of ether oxygens (including phenoxy) is 1. The highest BCUT2D eigenvalue weighted by Gasteiger charge is 2.33. The first kappa shape index (κ1) is 23.3. The zero-order valence-electron chi connectivity index (χ0n) is 18.8. The van der Waals surface area contributed by atoms with Gasteiger partial charge in [0.15, 0.2) is 5.75 Å². The largest absolute Gasteiger partial charge is 0.434 e. The lowest BCUT2D eigenvalue weighted by molar-refractivity contribution is -0.128. The normalized spacial score (nSPS) is 18.3. The molecular weight excluding hydrogens is 496 g/mol. The van der Waals surface area contributed by atoms with E-state index in [9.17, 15) is 9.18 Å². The number of benzene rings is 1. The fraction of sp³-hybridized carbons (Fsp3) is 0.261. The summed E-state index contributed by atoms with van der Waals surface area (Å²) in [5.74, 6) is -0.0719. The number of anilines is 1. The van der Waals surface area contributed by atoms with Crippen molar-refractivity contribution in [3.05, 3.63) is 53.3 Å². The van der Waals surface area contributed by atoms with Crippen LogP contribution in [-0.2, 0) is 4.79 Å². The van der Waals surface area contributed by atoms with E-state index in [2.05, 4.69) is 36.6 Å². The van der Waals surface area contributed by atoms with Gasteiger partial charge in [-0.2, -0.15) is 10.1 Å². The second-order valence-corrected chi connectivity index (χ2v) is 9.09. The Morgan fingerprint density at radius 1 is 1.23 bits per heavy atom. The van der Waals surface area contributed by atoms with Gasteiger partial charge in [0.05, 0.1) is 22.5 Å². The van der Waals surface area contributed by atoms with Crippen LogP contribution in [0.15, 0.2) is 37.3 Å². The molecule has 1 amide bonds. The molecule has 0 spiro atoms. The van der Waals surface area contributed by atoms with E-state index >= 15 is 0 Å². The fourth-order valence-corrected chi connectivity index (χ4v) is 4.72. The molecule has 1 aliphatic rings. The SMILES string of the molecule is C=CC(=O)N1C[C@H](C)N(c2ncnc3c(Oc4c(Cl)c(F)cc5[nH]ncc45)nc(Cl)cc23)C[C@H]1C. The van der Waals surface area contributed by atoms with Crippen LogP contribution >= 0.6 is 23.2 Å². The maximum absolute atomic E-state index is 14.4. The van der Waals surface area contributed by atoms with E-state index in [4.69, 9.17) is 27.9 Å². The molecule has 2 atom stereocenters. The minimum Gasteiger partial charge on any atom is -0.434 e. The summed E-state index contributed by atoms with van der Waals surface area (Å²) in [6, 6.07) is 2.77. The fourth-order valence-electron chi connectivity index (χ4n) is 4.34. The Labute approximate surface area is 209 Å². The van der Waals surface area contributed by atoms with Crippen molar-refractivity contribution in [2.75, 3.05) is 18.0 Å². The number of aromatic amines is 1. The van der Waals surface area contributed by atoms with Crippen molar-refractivity contribution in [3.8, 4) is 11.6 Å². The highest BCUT2D eigenvalue weighted by atomic mass is 35.5. The van der Waals surface area contributed by atoms with Gasteiger partial charge in [0, 0.05) is 31.2 Å². The van der Waals surface area contributed by atoms with Gasteiger partial charge in [0.25, 0.3) is 0 Å². The number of nitrogens with zero attached hydrogens (tertiary/aromatic N) is 6. The molecule has 0 radical (unpaired) electrons. The lowest BCUT2D eigenvalue weighted by atomic mass is 10.1. The van der Waals surface area contributed by atoms with Crippen LogP contribution in [0.3, 0.4) is 0 Å². The minimum atomic E-state index is -0.671. The Morgan fingerprint density at radius 3 is 2.80 bits per heavy atom. The number of carbonyl (C=O) groups excluding carboxylic acids is 1. The Balaban J connectivity index is 1.59. The van der Waals surface area contributed by atoms with Gasteiger partial charge in [-0.1, -0.05) is 29.8 Å². The molecule has 0 unspecified atom stereocenters. The predicted octanol–water partition coefficient (Wildman–Crippen LogP) is 4.75. The molecule has 1 saturated heterocycles. The minimum absolute atomic E-state index is 0.0465. The van der Waals surface area contributed by atoms with Crippen LogP contribution in [-0.4, -0.2) is 61.1 Å². The lowest BCUT2D eigenvalue weighted by Gasteiger charge is -2.44. The third-order valence-corrected chi connectivity index (χ3v) is 6.59. The molecule has 0 bridgehead atoms. The van der Waals surface area contributed by atoms with E-state index in [0.717, 1.165) is 0 Å². The smallest absolute Gasteiger partial charge is 0.247 e. The Kier molecular flexibility index (Phi) is 5.94. The van der Waals surface area contributed by atoms with Crippen LogP contribution in [0.5, 0.6) is 11.6 Å². The van der Waals surface area contributed by atoms with Gasteiger partial charge < -0.3 is 14.5 Å². The molecule has 5 rings (SSSR count). The monoisotopic (exact) mass is 515 g/mol. The third-order valence-electron chi connectivity index (χ3n) is 6.05. The number of piperazine rings is 1. The number of carbonyl (C=O) groups is 1. The summed E-state index contributed by atoms with van der Waals surface area (Å²) in [5.41, 5.74) is 0.791. The number of amides is 1. The van der Waals surface area contributed by atoms with Crippen LogP contribution in [0.1, 0.15) is 13.8 Å². The molecule has 180 valence electrons. The topological polar surface area (TPSA) is 100 Å². The molecule has 4 heterocycles. The predicted molar refractivity (Wildman–Crippen MR) is 132 cm³/mol. The third kappa shape index (κ3) is 4.02. The van der Waals surface area contributed by atoms with Crippen LogP contribution < -0.4 is 9.64 Å². The molecule has 1 aliphatic heterocycles. The molecule has 35 heavy (non-hydrogen) atoms. The summed E-state index contributed by atoms with van der Waals surface area (Å²) in [6.45, 7) is 8.60. The van der Waals surface area contributed by atoms with Gasteiger partial charge in [-0.3, -0.25) is 9.89 Å². The molecular formula is C23H20Cl2FN7O2. The zero-order valence-corrected chi connectivity index (χ0v) is 20.3. The Hall–Kier alpha value is -3.50. The molecule has 12 heteroatoms. The molecule has 0 aliphatic carbocycles. The maximum Gasteiger partial charge on any atom is 0.247 e. The van der Waals surface area contributed by atoms with Crippen molar-refractivity contribution in [3.63, 3.8) is 0 Å². The highest BCUT2D eigenvalue weighted by Crippen LogP contribution is 2.40. The van der Waals surface area contributed by atoms with Gasteiger partial charge >= 0.3 is 0 Å². The van der Waals surface area contributed by atoms with E-state index < -0.39 is 5.82 Å². The van der Waals surface area contributed by atoms with Crippen molar-refractivity contribution >= 4 is 56.7 Å². The molecule has 1 fully saturated rings. The highest BCUT2D eigenvalue weighted by molar-refractivity contribution is 6.33. The van der Waals surface area contributed by atoms with E-state index in [1.54, 1.807) is 11.0 Å². The molecule has 9 nitrogen and oxygen atoms in total. The second kappa shape index (κ2) is 8.94. The first-order chi connectivity index (χ1) is 16.8. The number of fused-ring (bicyclic) bond motifs is 2. The lowest BCUT2D eigenvalue weighted by Crippen LogP contribution is -2.58. The Morgan fingerprint density at radius 2 is 2.03 bits per heavy atom. The number of rotatable bonds is 4. The number of aromatic nitrogens is 5. The van der Waals surface area contributed by atoms with Crippen LogP contribution in [0, 0.1) is 5.82 Å². The number of halogens is 3. The standard InChI is InChI=1S/C23H20Cl2FN7O2/c1-4-18(34)32-8-12(3)33(9-11(32)2)22-13-5-17(24)30-23(20(13)27-10-28-22)35-21-14-7-29-31-16(14)6-15(26)19(21)25/h4-7,10-12H,1,8-9H2,2-3H3,(H,29,31)/t11-,12+/m1/s1. The van der Waals surface area contributed by atoms with Crippen LogP contribution in [0.2, 0.25) is 10.2 Å². The summed E-state index contributed by atoms with van der Waals surface area (Å²) >= 11 is 12.6. The summed E-state index contributed by atoms with van der Waals surface area (Å²) in [4.78, 5) is 29.3. The summed E-state index contributed by atoms with van der Waals surface area (Å²) < 4.78 is 20.4. The van der Waals surface area contributed by atoms with E-state index in [1.165, 1.54) is 24.7 Å². The number of hydrogen-bond acceptors (Lipinski definition) is 7. The Bertz CT molecular complexity index is 1480. The number of nitrogens with one attached hydrogen (secondary N) is 1. The number of H-pyrrole nitrogens is 1. The molecule has 4 aromatic rings. The van der Waals surface area contributed by atoms with Gasteiger partial charge in [-0.15, -0.1) is 0 Å². The van der Waals surface area contributed by atoms with Gasteiger partial charge in [-0.25, -0.2) is 14.4 Å². The second-order valence-electron chi connectivity index (χ2n) is 8.32. The molecule has 1 aromatic carbocycles. The quantitative estimate of drug-likeness (QED) is 0.309. The summed E-state index contributed by atoms with van der Waals surface area (Å²) in [5, 5.41) is 7.64. The van der Waals surface area contributed by atoms with E-state index in [1.807, 2.05) is 13.8 Å². The van der Waals surface area contributed by atoms with Crippen LogP contribution in [0.25, 0.3) is 21.8 Å². The summed E-state index contributed by atoms with van der Waals surface area (Å²) in [7, 11) is 0. The average Bonchev–Trinajstić information content (AvgIpc) is 3.30. The van der Waals surface area contributed by atoms with Gasteiger partial charge in [-0.05, 0) is 26.0 Å². The van der Waals surface area contributed by atoms with Crippen molar-refractivity contribution in [2.24, 2.45) is 0 Å². The zero-order chi connectivity index (χ0) is 24.9. The first-order valence-electron chi connectivity index (χ1n) is 10.8. The van der Waals surface area contributed by atoms with Crippen molar-refractivity contribution in [1.82, 2.24) is 30.0 Å². The average molecular weight is 516 g/mol. The van der Waals surface area contributed by atoms with Gasteiger partial charge in [0.2, 0.25) is 11.8 Å². The molecule has 0 saturated carbocycles. The number of pyridine rings is 1. The van der Waals surface area contributed by atoms with Gasteiger partial charge in [0.1, 0.15) is 33.7 Å². The molecule has 1 N–H and O–H groups in total. The van der Waals surface area contributed by atoms with Crippen molar-refractivity contribution in [1.29, 1.82) is 0 Å². The van der Waals surface area contributed by atoms with E-state index in [0.29, 0.717) is 40.7 Å². The van der Waals surface area contributed by atoms with E-state index in [-0.39, 0.29) is 39.8 Å². The number of hydrogen-bond donors (Lipinski definition) is 1.